The van der Waals surface area contributed by atoms with Crippen LogP contribution in [0.4, 0.5) is 0 Å². The van der Waals surface area contributed by atoms with Crippen molar-refractivity contribution in [3.8, 4) is 0 Å². The van der Waals surface area contributed by atoms with Gasteiger partial charge in [0.2, 0.25) is 0 Å². The van der Waals surface area contributed by atoms with Crippen LogP contribution in [0.1, 0.15) is 10.4 Å². The van der Waals surface area contributed by atoms with Crippen molar-refractivity contribution in [1.82, 2.24) is 5.43 Å². The maximum Gasteiger partial charge on any atom is 0.184 e. The van der Waals surface area contributed by atoms with Gasteiger partial charge in [-0.05, 0) is 41.9 Å². The molecule has 7 heteroatoms. The molecule has 0 aliphatic carbocycles. The van der Waals surface area contributed by atoms with E-state index in [2.05, 4.69) is 10.5 Å². The summed E-state index contributed by atoms with van der Waals surface area (Å²) in [5, 5.41) is 7.35. The number of halogens is 2. The van der Waals surface area contributed by atoms with Crippen molar-refractivity contribution in [3.63, 3.8) is 0 Å². The number of thiophene rings is 1. The molecule has 3 N–H and O–H groups in total. The van der Waals surface area contributed by atoms with Gasteiger partial charge in [-0.2, -0.15) is 5.10 Å². The van der Waals surface area contributed by atoms with Crippen LogP contribution in [-0.4, -0.2) is 10.8 Å². The third kappa shape index (κ3) is 3.91. The summed E-state index contributed by atoms with van der Waals surface area (Å²) in [6, 6.07) is 9.11. The van der Waals surface area contributed by atoms with Crippen molar-refractivity contribution in [2.75, 3.05) is 0 Å². The number of nitrogens with one attached hydrogen (secondary N) is 1. The molecule has 0 aliphatic heterocycles. The number of nitrogens with two attached hydrogens (primary N) is 1. The lowest BCUT2D eigenvalue weighted by molar-refractivity contribution is 1.03. The first-order chi connectivity index (χ1) is 9.06. The van der Waals surface area contributed by atoms with Crippen molar-refractivity contribution >= 4 is 57.6 Å². The van der Waals surface area contributed by atoms with Crippen LogP contribution in [0.3, 0.4) is 0 Å². The van der Waals surface area contributed by atoms with Crippen LogP contribution >= 0.6 is 46.8 Å². The molecule has 19 heavy (non-hydrogen) atoms. The quantitative estimate of drug-likeness (QED) is 0.513. The van der Waals surface area contributed by atoms with Gasteiger partial charge in [0.25, 0.3) is 0 Å². The van der Waals surface area contributed by atoms with Crippen molar-refractivity contribution in [2.45, 2.75) is 0 Å². The summed E-state index contributed by atoms with van der Waals surface area (Å²) in [4.78, 5) is 0.960. The molecule has 2 rings (SSSR count). The molecule has 0 bridgehead atoms. The van der Waals surface area contributed by atoms with E-state index in [1.807, 2.05) is 17.5 Å². The molecule has 0 unspecified atom stereocenters. The second-order valence-corrected chi connectivity index (χ2v) is 5.83. The zero-order valence-electron chi connectivity index (χ0n) is 9.56. The van der Waals surface area contributed by atoms with Gasteiger partial charge >= 0.3 is 0 Å². The molecule has 3 nitrogen and oxygen atoms in total. The van der Waals surface area contributed by atoms with E-state index in [1.165, 1.54) is 0 Å². The van der Waals surface area contributed by atoms with Crippen LogP contribution in [0, 0.1) is 0 Å². The second kappa shape index (κ2) is 6.34. The smallest absolute Gasteiger partial charge is 0.184 e. The SMILES string of the molecule is NC(=S)N/N=C(\c1cc(Cl)cc(Cl)c1)c1cccs1. The second-order valence-electron chi connectivity index (χ2n) is 3.57. The summed E-state index contributed by atoms with van der Waals surface area (Å²) in [5.74, 6) is 0. The van der Waals surface area contributed by atoms with E-state index < -0.39 is 0 Å². The fourth-order valence-corrected chi connectivity index (χ4v) is 2.78. The van der Waals surface area contributed by atoms with E-state index in [0.717, 1.165) is 10.4 Å². The third-order valence-electron chi connectivity index (χ3n) is 2.17. The largest absolute Gasteiger partial charge is 0.375 e. The van der Waals surface area contributed by atoms with Gasteiger partial charge in [-0.1, -0.05) is 29.3 Å². The number of rotatable bonds is 3. The Balaban J connectivity index is 2.48. The number of thiocarbonyl (C=S) groups is 1. The van der Waals surface area contributed by atoms with Gasteiger partial charge in [0.15, 0.2) is 5.11 Å². The van der Waals surface area contributed by atoms with E-state index in [4.69, 9.17) is 41.2 Å². The molecular weight excluding hydrogens is 321 g/mol. The van der Waals surface area contributed by atoms with Crippen LogP contribution < -0.4 is 11.2 Å². The van der Waals surface area contributed by atoms with E-state index in [-0.39, 0.29) is 5.11 Å². The minimum Gasteiger partial charge on any atom is -0.375 e. The molecular formula is C12H9Cl2N3S2. The molecule has 2 aromatic rings. The Labute approximate surface area is 130 Å². The van der Waals surface area contributed by atoms with Gasteiger partial charge < -0.3 is 5.73 Å². The maximum atomic E-state index is 6.01. The summed E-state index contributed by atoms with van der Waals surface area (Å²) in [5.41, 5.74) is 9.47. The molecule has 0 spiro atoms. The zero-order chi connectivity index (χ0) is 13.8. The van der Waals surface area contributed by atoms with Crippen LogP contribution in [0.5, 0.6) is 0 Å². The number of benzene rings is 1. The molecule has 0 amide bonds. The molecule has 1 aromatic heterocycles. The molecule has 0 fully saturated rings. The Kier molecular flexibility index (Phi) is 4.76. The van der Waals surface area contributed by atoms with Crippen molar-refractivity contribution in [1.29, 1.82) is 0 Å². The average molecular weight is 330 g/mol. The molecule has 1 heterocycles. The number of hydrogen-bond donors (Lipinski definition) is 2. The highest BCUT2D eigenvalue weighted by molar-refractivity contribution is 7.80. The van der Waals surface area contributed by atoms with Gasteiger partial charge in [-0.25, -0.2) is 0 Å². The van der Waals surface area contributed by atoms with Gasteiger partial charge in [0.05, 0.1) is 4.88 Å². The minimum absolute atomic E-state index is 0.0992. The predicted molar refractivity (Wildman–Crippen MR) is 86.3 cm³/mol. The maximum absolute atomic E-state index is 6.01. The first kappa shape index (κ1) is 14.3. The molecule has 1 aromatic carbocycles. The molecule has 0 saturated heterocycles. The lowest BCUT2D eigenvalue weighted by atomic mass is 10.1. The molecule has 0 atom stereocenters. The number of nitrogens with zero attached hydrogens (tertiary/aromatic N) is 1. The standard InChI is InChI=1S/C12H9Cl2N3S2/c13-8-4-7(5-9(14)6-8)11(16-17-12(15)18)10-2-1-3-19-10/h1-6H,(H3,15,17,18)/b16-11+. The lowest BCUT2D eigenvalue weighted by Crippen LogP contribution is -2.25. The average Bonchev–Trinajstić information content (AvgIpc) is 2.81. The Bertz CT molecular complexity index is 604. The first-order valence-electron chi connectivity index (χ1n) is 5.20. The third-order valence-corrected chi connectivity index (χ3v) is 3.57. The highest BCUT2D eigenvalue weighted by atomic mass is 35.5. The van der Waals surface area contributed by atoms with E-state index in [9.17, 15) is 0 Å². The van der Waals surface area contributed by atoms with Crippen molar-refractivity contribution in [3.05, 3.63) is 56.2 Å². The summed E-state index contributed by atoms with van der Waals surface area (Å²) in [6.07, 6.45) is 0. The summed E-state index contributed by atoms with van der Waals surface area (Å²) in [6.45, 7) is 0. The zero-order valence-corrected chi connectivity index (χ0v) is 12.7. The molecule has 0 aliphatic rings. The number of hydrazone groups is 1. The molecule has 0 saturated carbocycles. The van der Waals surface area contributed by atoms with E-state index >= 15 is 0 Å². The van der Waals surface area contributed by atoms with Gasteiger partial charge in [0.1, 0.15) is 5.71 Å². The summed E-state index contributed by atoms with van der Waals surface area (Å²) < 4.78 is 0. The van der Waals surface area contributed by atoms with Crippen molar-refractivity contribution < 1.29 is 0 Å². The first-order valence-corrected chi connectivity index (χ1v) is 7.24. The van der Waals surface area contributed by atoms with Crippen LogP contribution in [0.15, 0.2) is 40.8 Å². The normalized spacial score (nSPS) is 11.4. The Hall–Kier alpha value is -1.14. The molecule has 0 radical (unpaired) electrons. The minimum atomic E-state index is 0.0992. The van der Waals surface area contributed by atoms with E-state index in [0.29, 0.717) is 15.8 Å². The van der Waals surface area contributed by atoms with Crippen LogP contribution in [0.25, 0.3) is 0 Å². The monoisotopic (exact) mass is 329 g/mol. The topological polar surface area (TPSA) is 50.4 Å². The fourth-order valence-electron chi connectivity index (χ4n) is 1.48. The number of hydrogen-bond acceptors (Lipinski definition) is 3. The van der Waals surface area contributed by atoms with Gasteiger partial charge in [-0.3, -0.25) is 5.43 Å². The lowest BCUT2D eigenvalue weighted by Gasteiger charge is -2.07. The fraction of sp³-hybridized carbons (Fsp3) is 0. The highest BCUT2D eigenvalue weighted by Crippen LogP contribution is 2.23. The van der Waals surface area contributed by atoms with Crippen LogP contribution in [-0.2, 0) is 0 Å². The Morgan fingerprint density at radius 1 is 1.26 bits per heavy atom. The van der Waals surface area contributed by atoms with E-state index in [1.54, 1.807) is 29.5 Å². The van der Waals surface area contributed by atoms with Gasteiger partial charge in [-0.15, -0.1) is 11.3 Å². The summed E-state index contributed by atoms with van der Waals surface area (Å²) in [7, 11) is 0. The van der Waals surface area contributed by atoms with Crippen molar-refractivity contribution in [2.24, 2.45) is 10.8 Å². The predicted octanol–water partition coefficient (Wildman–Crippen LogP) is 3.64. The Morgan fingerprint density at radius 3 is 2.47 bits per heavy atom. The highest BCUT2D eigenvalue weighted by Gasteiger charge is 2.10. The van der Waals surface area contributed by atoms with Crippen LogP contribution in [0.2, 0.25) is 10.0 Å². The Morgan fingerprint density at radius 2 is 1.95 bits per heavy atom. The summed E-state index contributed by atoms with van der Waals surface area (Å²) >= 11 is 18.3. The molecule has 98 valence electrons. The van der Waals surface area contributed by atoms with Gasteiger partial charge in [0, 0.05) is 15.6 Å².